The smallest absolute Gasteiger partial charge is 0.246 e. The minimum absolute atomic E-state index is 0.186. The number of aryl methyl sites for hydroxylation is 1. The molecule has 0 radical (unpaired) electrons. The van der Waals surface area contributed by atoms with Crippen LogP contribution in [0.3, 0.4) is 0 Å². The van der Waals surface area contributed by atoms with Crippen molar-refractivity contribution in [1.29, 1.82) is 0 Å². The quantitative estimate of drug-likeness (QED) is 0.662. The van der Waals surface area contributed by atoms with Crippen molar-refractivity contribution in [2.24, 2.45) is 0 Å². The average Bonchev–Trinajstić information content (AvgIpc) is 2.66. The number of para-hydroxylation sites is 1. The van der Waals surface area contributed by atoms with Gasteiger partial charge in [-0.3, -0.25) is 4.79 Å². The highest BCUT2D eigenvalue weighted by Gasteiger charge is 2.15. The van der Waals surface area contributed by atoms with Crippen molar-refractivity contribution in [2.45, 2.75) is 19.9 Å². The summed E-state index contributed by atoms with van der Waals surface area (Å²) < 4.78 is 13.7. The fraction of sp³-hybridized carbons (Fsp3) is 0.136. The van der Waals surface area contributed by atoms with Crippen LogP contribution in [0.1, 0.15) is 12.5 Å². The topological polar surface area (TPSA) is 41.1 Å². The van der Waals surface area contributed by atoms with Crippen LogP contribution in [0.15, 0.2) is 72.8 Å². The van der Waals surface area contributed by atoms with Gasteiger partial charge in [0.1, 0.15) is 11.9 Å². The number of anilines is 2. The van der Waals surface area contributed by atoms with E-state index in [1.807, 2.05) is 54.6 Å². The Hall–Kier alpha value is -3.14. The summed E-state index contributed by atoms with van der Waals surface area (Å²) >= 11 is 0. The minimum atomic E-state index is -0.513. The van der Waals surface area contributed by atoms with Gasteiger partial charge in [-0.15, -0.1) is 0 Å². The van der Waals surface area contributed by atoms with Crippen LogP contribution >= 0.6 is 0 Å². The van der Waals surface area contributed by atoms with E-state index in [0.717, 1.165) is 16.8 Å². The summed E-state index contributed by atoms with van der Waals surface area (Å²) in [5, 5.41) is 6.00. The van der Waals surface area contributed by atoms with E-state index in [0.29, 0.717) is 11.3 Å². The molecule has 26 heavy (non-hydrogen) atoms. The molecule has 0 aliphatic rings. The number of carbonyl (C=O) groups excluding carboxylic acids is 1. The second-order valence-electron chi connectivity index (χ2n) is 6.23. The molecule has 0 saturated heterocycles. The van der Waals surface area contributed by atoms with E-state index in [2.05, 4.69) is 10.6 Å². The van der Waals surface area contributed by atoms with E-state index in [1.165, 1.54) is 6.07 Å². The number of halogens is 1. The number of rotatable bonds is 5. The molecule has 0 saturated carbocycles. The lowest BCUT2D eigenvalue weighted by Gasteiger charge is -2.17. The molecule has 0 bridgehead atoms. The molecule has 0 aromatic heterocycles. The lowest BCUT2D eigenvalue weighted by molar-refractivity contribution is -0.116. The molecular weight excluding hydrogens is 327 g/mol. The summed E-state index contributed by atoms with van der Waals surface area (Å²) in [6, 6.07) is 21.9. The van der Waals surface area contributed by atoms with E-state index in [1.54, 1.807) is 26.0 Å². The first-order chi connectivity index (χ1) is 12.5. The first-order valence-corrected chi connectivity index (χ1v) is 8.52. The molecule has 3 rings (SSSR count). The summed E-state index contributed by atoms with van der Waals surface area (Å²) in [7, 11) is 0. The van der Waals surface area contributed by atoms with Crippen LogP contribution in [-0.4, -0.2) is 11.9 Å². The van der Waals surface area contributed by atoms with Crippen LogP contribution in [0.25, 0.3) is 11.1 Å². The molecule has 4 heteroatoms. The van der Waals surface area contributed by atoms with Gasteiger partial charge < -0.3 is 10.6 Å². The molecule has 0 aliphatic heterocycles. The maximum absolute atomic E-state index is 13.7. The van der Waals surface area contributed by atoms with Gasteiger partial charge >= 0.3 is 0 Å². The number of nitrogens with one attached hydrogen (secondary N) is 2. The largest absolute Gasteiger partial charge is 0.374 e. The van der Waals surface area contributed by atoms with Crippen molar-refractivity contribution in [3.8, 4) is 11.1 Å². The molecule has 3 aromatic carbocycles. The maximum atomic E-state index is 13.7. The number of hydrogen-bond acceptors (Lipinski definition) is 2. The summed E-state index contributed by atoms with van der Waals surface area (Å²) in [5.74, 6) is -0.480. The van der Waals surface area contributed by atoms with Crippen molar-refractivity contribution in [3.05, 3.63) is 84.2 Å². The molecular formula is C22H21FN2O. The molecule has 1 atom stereocenters. The number of hydrogen-bond donors (Lipinski definition) is 2. The van der Waals surface area contributed by atoms with Crippen molar-refractivity contribution in [1.82, 2.24) is 0 Å². The summed E-state index contributed by atoms with van der Waals surface area (Å²) in [6.07, 6.45) is 0. The summed E-state index contributed by atoms with van der Waals surface area (Å²) in [5.41, 5.74) is 3.88. The minimum Gasteiger partial charge on any atom is -0.374 e. The average molecular weight is 348 g/mol. The van der Waals surface area contributed by atoms with Gasteiger partial charge in [-0.05, 0) is 43.2 Å². The van der Waals surface area contributed by atoms with Crippen molar-refractivity contribution >= 4 is 17.3 Å². The highest BCUT2D eigenvalue weighted by molar-refractivity contribution is 5.99. The highest BCUT2D eigenvalue weighted by atomic mass is 19.1. The van der Waals surface area contributed by atoms with Crippen LogP contribution in [0.4, 0.5) is 15.8 Å². The molecule has 0 fully saturated rings. The number of carbonyl (C=O) groups is 1. The zero-order valence-corrected chi connectivity index (χ0v) is 14.8. The van der Waals surface area contributed by atoms with Crippen molar-refractivity contribution < 1.29 is 9.18 Å². The molecule has 0 heterocycles. The van der Waals surface area contributed by atoms with Gasteiger partial charge in [0.2, 0.25) is 5.91 Å². The molecule has 1 amide bonds. The third-order valence-electron chi connectivity index (χ3n) is 4.22. The Morgan fingerprint density at radius 2 is 1.65 bits per heavy atom. The predicted octanol–water partition coefficient (Wildman–Crippen LogP) is 5.24. The monoisotopic (exact) mass is 348 g/mol. The van der Waals surface area contributed by atoms with Gasteiger partial charge in [-0.1, -0.05) is 54.6 Å². The van der Waals surface area contributed by atoms with E-state index in [9.17, 15) is 9.18 Å². The van der Waals surface area contributed by atoms with Crippen LogP contribution in [0.5, 0.6) is 0 Å². The normalized spacial score (nSPS) is 11.7. The Morgan fingerprint density at radius 3 is 2.38 bits per heavy atom. The zero-order chi connectivity index (χ0) is 18.5. The van der Waals surface area contributed by atoms with Crippen LogP contribution < -0.4 is 10.6 Å². The lowest BCUT2D eigenvalue weighted by Crippen LogP contribution is -2.32. The van der Waals surface area contributed by atoms with Gasteiger partial charge in [-0.25, -0.2) is 4.39 Å². The van der Waals surface area contributed by atoms with Crippen LogP contribution in [0, 0.1) is 12.7 Å². The Labute approximate surface area is 152 Å². The lowest BCUT2D eigenvalue weighted by atomic mass is 10.0. The Balaban J connectivity index is 1.74. The van der Waals surface area contributed by atoms with Gasteiger partial charge in [0.15, 0.2) is 0 Å². The fourth-order valence-electron chi connectivity index (χ4n) is 2.70. The molecule has 0 unspecified atom stereocenters. The van der Waals surface area contributed by atoms with E-state index in [-0.39, 0.29) is 11.7 Å². The molecule has 0 spiro atoms. The maximum Gasteiger partial charge on any atom is 0.246 e. The SMILES string of the molecule is Cc1ccc(N[C@H](C)C(=O)Nc2ccccc2-c2ccccc2)cc1F. The Kier molecular flexibility index (Phi) is 5.32. The first kappa shape index (κ1) is 17.7. The molecule has 132 valence electrons. The van der Waals surface area contributed by atoms with Crippen molar-refractivity contribution in [2.75, 3.05) is 10.6 Å². The molecule has 0 aliphatic carbocycles. The standard InChI is InChI=1S/C22H21FN2O/c1-15-12-13-18(14-20(15)23)24-16(2)22(26)25-21-11-7-6-10-19(21)17-8-4-3-5-9-17/h3-14,16,24H,1-2H3,(H,25,26)/t16-/m1/s1. The molecule has 3 aromatic rings. The van der Waals surface area contributed by atoms with Crippen LogP contribution in [0.2, 0.25) is 0 Å². The van der Waals surface area contributed by atoms with Crippen molar-refractivity contribution in [3.63, 3.8) is 0 Å². The van der Waals surface area contributed by atoms with Crippen LogP contribution in [-0.2, 0) is 4.79 Å². The van der Waals surface area contributed by atoms with E-state index < -0.39 is 6.04 Å². The first-order valence-electron chi connectivity index (χ1n) is 8.52. The van der Waals surface area contributed by atoms with Gasteiger partial charge in [-0.2, -0.15) is 0 Å². The summed E-state index contributed by atoms with van der Waals surface area (Å²) in [4.78, 5) is 12.6. The second-order valence-corrected chi connectivity index (χ2v) is 6.23. The highest BCUT2D eigenvalue weighted by Crippen LogP contribution is 2.27. The Morgan fingerprint density at radius 1 is 0.962 bits per heavy atom. The number of amides is 1. The molecule has 2 N–H and O–H groups in total. The van der Waals surface area contributed by atoms with E-state index >= 15 is 0 Å². The summed E-state index contributed by atoms with van der Waals surface area (Å²) in [6.45, 7) is 3.45. The zero-order valence-electron chi connectivity index (χ0n) is 14.8. The number of benzene rings is 3. The second kappa shape index (κ2) is 7.83. The third-order valence-corrected chi connectivity index (χ3v) is 4.22. The van der Waals surface area contributed by atoms with Gasteiger partial charge in [0.25, 0.3) is 0 Å². The van der Waals surface area contributed by atoms with Gasteiger partial charge in [0, 0.05) is 16.9 Å². The predicted molar refractivity (Wildman–Crippen MR) is 105 cm³/mol. The third kappa shape index (κ3) is 4.09. The van der Waals surface area contributed by atoms with Gasteiger partial charge in [0.05, 0.1) is 0 Å². The Bertz CT molecular complexity index is 909. The van der Waals surface area contributed by atoms with E-state index in [4.69, 9.17) is 0 Å². The molecule has 3 nitrogen and oxygen atoms in total. The fourth-order valence-corrected chi connectivity index (χ4v) is 2.70.